The third kappa shape index (κ3) is 2.95. The molecule has 2 heteroatoms. The van der Waals surface area contributed by atoms with Gasteiger partial charge in [0.25, 0.3) is 0 Å². The van der Waals surface area contributed by atoms with Crippen LogP contribution in [0.2, 0.25) is 0 Å². The molecule has 0 unspecified atom stereocenters. The fourth-order valence-corrected chi connectivity index (χ4v) is 1.53. The first-order valence-corrected chi connectivity index (χ1v) is 4.74. The summed E-state index contributed by atoms with van der Waals surface area (Å²) in [6.45, 7) is 3.62. The first-order chi connectivity index (χ1) is 5.49. The second kappa shape index (κ2) is 3.58. The Kier molecular flexibility index (Phi) is 2.91. The summed E-state index contributed by atoms with van der Waals surface area (Å²) in [5, 5.41) is 9.57. The van der Waals surface area contributed by atoms with E-state index in [0.29, 0.717) is 6.42 Å². The molecule has 0 saturated carbocycles. The summed E-state index contributed by atoms with van der Waals surface area (Å²) in [6, 6.07) is 7.95. The molecule has 0 heterocycles. The Morgan fingerprint density at radius 2 is 1.92 bits per heavy atom. The van der Waals surface area contributed by atoms with Crippen LogP contribution in [0.5, 0.6) is 0 Å². The van der Waals surface area contributed by atoms with Crippen LogP contribution in [0.1, 0.15) is 19.4 Å². The lowest BCUT2D eigenvalue weighted by atomic mass is 9.99. The molecule has 0 aliphatic carbocycles. The molecule has 1 nitrogen and oxygen atoms in total. The maximum atomic E-state index is 9.57. The molecule has 0 aliphatic rings. The predicted octanol–water partition coefficient (Wildman–Crippen LogP) is 2.76. The Hall–Kier alpha value is -0.340. The van der Waals surface area contributed by atoms with E-state index in [1.807, 2.05) is 38.1 Å². The molecule has 1 N–H and O–H groups in total. The van der Waals surface area contributed by atoms with Crippen molar-refractivity contribution in [1.29, 1.82) is 0 Å². The van der Waals surface area contributed by atoms with Gasteiger partial charge in [0.05, 0.1) is 5.60 Å². The van der Waals surface area contributed by atoms with Crippen molar-refractivity contribution in [2.75, 3.05) is 0 Å². The van der Waals surface area contributed by atoms with E-state index in [1.165, 1.54) is 0 Å². The number of aliphatic hydroxyl groups is 1. The van der Waals surface area contributed by atoms with Crippen LogP contribution < -0.4 is 0 Å². The quantitative estimate of drug-likeness (QED) is 0.826. The van der Waals surface area contributed by atoms with Gasteiger partial charge in [-0.15, -0.1) is 0 Å². The van der Waals surface area contributed by atoms with E-state index in [1.54, 1.807) is 0 Å². The average Bonchev–Trinajstić information content (AvgIpc) is 1.91. The molecule has 1 aromatic carbocycles. The second-order valence-electron chi connectivity index (χ2n) is 3.58. The Morgan fingerprint density at radius 1 is 1.33 bits per heavy atom. The first kappa shape index (κ1) is 9.75. The SMILES string of the molecule is CC(C)(O)Cc1ccccc1Br. The molecule has 0 fully saturated rings. The van der Waals surface area contributed by atoms with Crippen molar-refractivity contribution in [2.45, 2.75) is 25.9 Å². The van der Waals surface area contributed by atoms with Crippen LogP contribution in [0.25, 0.3) is 0 Å². The van der Waals surface area contributed by atoms with Gasteiger partial charge >= 0.3 is 0 Å². The summed E-state index contributed by atoms with van der Waals surface area (Å²) in [5.74, 6) is 0. The van der Waals surface area contributed by atoms with E-state index in [9.17, 15) is 5.11 Å². The molecule has 66 valence electrons. The average molecular weight is 229 g/mol. The zero-order chi connectivity index (χ0) is 9.19. The standard InChI is InChI=1S/C10H13BrO/c1-10(2,12)7-8-5-3-4-6-9(8)11/h3-6,12H,7H2,1-2H3. The highest BCUT2D eigenvalue weighted by Crippen LogP contribution is 2.20. The highest BCUT2D eigenvalue weighted by atomic mass is 79.9. The van der Waals surface area contributed by atoms with E-state index in [2.05, 4.69) is 15.9 Å². The molecule has 1 aromatic rings. The molecule has 0 amide bonds. The Bertz CT molecular complexity index is 263. The maximum absolute atomic E-state index is 9.57. The van der Waals surface area contributed by atoms with Crippen LogP contribution >= 0.6 is 15.9 Å². The van der Waals surface area contributed by atoms with Gasteiger partial charge in [0.1, 0.15) is 0 Å². The van der Waals surface area contributed by atoms with Crippen LogP contribution in [-0.2, 0) is 6.42 Å². The van der Waals surface area contributed by atoms with E-state index in [-0.39, 0.29) is 0 Å². The molecule has 0 bridgehead atoms. The van der Waals surface area contributed by atoms with Crippen molar-refractivity contribution in [2.24, 2.45) is 0 Å². The monoisotopic (exact) mass is 228 g/mol. The van der Waals surface area contributed by atoms with Gasteiger partial charge in [-0.2, -0.15) is 0 Å². The normalized spacial score (nSPS) is 11.7. The summed E-state index contributed by atoms with van der Waals surface area (Å²) in [7, 11) is 0. The zero-order valence-electron chi connectivity index (χ0n) is 7.34. The van der Waals surface area contributed by atoms with Gasteiger partial charge in [-0.05, 0) is 25.5 Å². The van der Waals surface area contributed by atoms with Gasteiger partial charge in [-0.25, -0.2) is 0 Å². The Labute approximate surface area is 81.6 Å². The van der Waals surface area contributed by atoms with Crippen LogP contribution in [0.15, 0.2) is 28.7 Å². The van der Waals surface area contributed by atoms with Gasteiger partial charge in [0.15, 0.2) is 0 Å². The summed E-state index contributed by atoms with van der Waals surface area (Å²) in [5.41, 5.74) is 0.508. The topological polar surface area (TPSA) is 20.2 Å². The van der Waals surface area contributed by atoms with Crippen molar-refractivity contribution in [3.63, 3.8) is 0 Å². The smallest absolute Gasteiger partial charge is 0.0632 e. The van der Waals surface area contributed by atoms with Crippen LogP contribution in [-0.4, -0.2) is 10.7 Å². The largest absolute Gasteiger partial charge is 0.390 e. The van der Waals surface area contributed by atoms with Gasteiger partial charge in [0, 0.05) is 10.9 Å². The lowest BCUT2D eigenvalue weighted by Gasteiger charge is -2.17. The van der Waals surface area contributed by atoms with Crippen molar-refractivity contribution in [3.8, 4) is 0 Å². The Balaban J connectivity index is 2.83. The lowest BCUT2D eigenvalue weighted by Crippen LogP contribution is -2.21. The number of halogens is 1. The van der Waals surface area contributed by atoms with Crippen LogP contribution in [0.3, 0.4) is 0 Å². The van der Waals surface area contributed by atoms with E-state index in [4.69, 9.17) is 0 Å². The van der Waals surface area contributed by atoms with Crippen molar-refractivity contribution >= 4 is 15.9 Å². The first-order valence-electron chi connectivity index (χ1n) is 3.95. The number of rotatable bonds is 2. The zero-order valence-corrected chi connectivity index (χ0v) is 8.93. The van der Waals surface area contributed by atoms with E-state index in [0.717, 1.165) is 10.0 Å². The molecule has 0 spiro atoms. The van der Waals surface area contributed by atoms with Crippen molar-refractivity contribution < 1.29 is 5.11 Å². The number of benzene rings is 1. The highest BCUT2D eigenvalue weighted by Gasteiger charge is 2.14. The molecule has 0 aromatic heterocycles. The minimum atomic E-state index is -0.635. The minimum absolute atomic E-state index is 0.635. The highest BCUT2D eigenvalue weighted by molar-refractivity contribution is 9.10. The minimum Gasteiger partial charge on any atom is -0.390 e. The summed E-state index contributed by atoms with van der Waals surface area (Å²) in [6.07, 6.45) is 0.675. The molecule has 0 saturated heterocycles. The third-order valence-electron chi connectivity index (χ3n) is 1.58. The molecule has 0 radical (unpaired) electrons. The molecular formula is C10H13BrO. The third-order valence-corrected chi connectivity index (χ3v) is 2.35. The molecule has 1 rings (SSSR count). The van der Waals surface area contributed by atoms with Crippen molar-refractivity contribution in [1.82, 2.24) is 0 Å². The number of hydrogen-bond acceptors (Lipinski definition) is 1. The molecule has 0 atom stereocenters. The molecule has 0 aliphatic heterocycles. The fraction of sp³-hybridized carbons (Fsp3) is 0.400. The second-order valence-corrected chi connectivity index (χ2v) is 4.43. The predicted molar refractivity (Wildman–Crippen MR) is 54.1 cm³/mol. The fourth-order valence-electron chi connectivity index (χ4n) is 1.11. The van der Waals surface area contributed by atoms with Crippen LogP contribution in [0, 0.1) is 0 Å². The van der Waals surface area contributed by atoms with E-state index >= 15 is 0 Å². The summed E-state index contributed by atoms with van der Waals surface area (Å²) in [4.78, 5) is 0. The van der Waals surface area contributed by atoms with Crippen molar-refractivity contribution in [3.05, 3.63) is 34.3 Å². The number of hydrogen-bond donors (Lipinski definition) is 1. The molecule has 12 heavy (non-hydrogen) atoms. The van der Waals surface area contributed by atoms with Gasteiger partial charge < -0.3 is 5.11 Å². The van der Waals surface area contributed by atoms with Gasteiger partial charge in [-0.1, -0.05) is 34.1 Å². The maximum Gasteiger partial charge on any atom is 0.0632 e. The van der Waals surface area contributed by atoms with Gasteiger partial charge in [-0.3, -0.25) is 0 Å². The van der Waals surface area contributed by atoms with Crippen LogP contribution in [0.4, 0.5) is 0 Å². The summed E-state index contributed by atoms with van der Waals surface area (Å²) >= 11 is 3.44. The Morgan fingerprint density at radius 3 is 2.42 bits per heavy atom. The molecular weight excluding hydrogens is 216 g/mol. The van der Waals surface area contributed by atoms with E-state index < -0.39 is 5.60 Å². The lowest BCUT2D eigenvalue weighted by molar-refractivity contribution is 0.0808. The summed E-state index contributed by atoms with van der Waals surface area (Å²) < 4.78 is 1.06. The van der Waals surface area contributed by atoms with Gasteiger partial charge in [0.2, 0.25) is 0 Å².